The summed E-state index contributed by atoms with van der Waals surface area (Å²) in [6.45, 7) is 11.5. The summed E-state index contributed by atoms with van der Waals surface area (Å²) in [5.41, 5.74) is 0. The van der Waals surface area contributed by atoms with Gasteiger partial charge in [-0.2, -0.15) is 0 Å². The van der Waals surface area contributed by atoms with Crippen molar-refractivity contribution >= 4 is 22.6 Å². The lowest BCUT2D eigenvalue weighted by atomic mass is 9.91. The minimum absolute atomic E-state index is 0.477. The molecule has 2 nitrogen and oxygen atoms in total. The molecule has 0 aromatic rings. The zero-order valence-electron chi connectivity index (χ0n) is 15.4. The second kappa shape index (κ2) is 16.5. The van der Waals surface area contributed by atoms with Gasteiger partial charge in [0.15, 0.2) is 0 Å². The predicted octanol–water partition coefficient (Wildman–Crippen LogP) is 6.60. The van der Waals surface area contributed by atoms with Gasteiger partial charge in [0.05, 0.1) is 0 Å². The van der Waals surface area contributed by atoms with Gasteiger partial charge in [0.1, 0.15) is 6.79 Å². The first kappa shape index (κ1) is 22.6. The molecule has 0 bridgehead atoms. The fraction of sp³-hybridized carbons (Fsp3) is 1.00. The summed E-state index contributed by atoms with van der Waals surface area (Å²) in [7, 11) is 0. The highest BCUT2D eigenvalue weighted by molar-refractivity contribution is 14.1. The molecule has 0 spiro atoms. The highest BCUT2D eigenvalue weighted by Crippen LogP contribution is 2.22. The van der Waals surface area contributed by atoms with Crippen molar-refractivity contribution in [2.45, 2.75) is 89.4 Å². The van der Waals surface area contributed by atoms with Gasteiger partial charge in [0.2, 0.25) is 0 Å². The van der Waals surface area contributed by atoms with E-state index in [4.69, 9.17) is 9.47 Å². The third kappa shape index (κ3) is 17.0. The number of rotatable bonds is 16. The Morgan fingerprint density at radius 2 is 1.41 bits per heavy atom. The summed E-state index contributed by atoms with van der Waals surface area (Å²) < 4.78 is 11.9. The van der Waals surface area contributed by atoms with Gasteiger partial charge >= 0.3 is 0 Å². The fourth-order valence-electron chi connectivity index (χ4n) is 2.97. The second-order valence-electron chi connectivity index (χ2n) is 6.95. The van der Waals surface area contributed by atoms with E-state index < -0.39 is 0 Å². The summed E-state index contributed by atoms with van der Waals surface area (Å²) in [6, 6.07) is 0. The lowest BCUT2D eigenvalue weighted by molar-refractivity contribution is -0.0561. The molecule has 22 heavy (non-hydrogen) atoms. The predicted molar refractivity (Wildman–Crippen MR) is 106 cm³/mol. The molecule has 0 aliphatic carbocycles. The van der Waals surface area contributed by atoms with Crippen molar-refractivity contribution in [3.63, 3.8) is 0 Å². The standard InChI is InChI=1S/C19H39IO2/c1-5-6-7-8-9-12-21-16-22-13-10-11-17(2)14-18(3)15-19(4)20/h17-19H,5-16H2,1-4H3. The normalized spacial score (nSPS) is 15.7. The van der Waals surface area contributed by atoms with Crippen LogP contribution in [0.1, 0.15) is 85.5 Å². The zero-order chi connectivity index (χ0) is 16.6. The second-order valence-corrected chi connectivity index (χ2v) is 9.08. The first-order valence-electron chi connectivity index (χ1n) is 9.35. The van der Waals surface area contributed by atoms with Gasteiger partial charge in [-0.1, -0.05) is 76.0 Å². The van der Waals surface area contributed by atoms with E-state index in [0.29, 0.717) is 6.79 Å². The minimum atomic E-state index is 0.477. The highest BCUT2D eigenvalue weighted by Gasteiger charge is 2.10. The molecule has 0 radical (unpaired) electrons. The van der Waals surface area contributed by atoms with E-state index in [1.165, 1.54) is 51.4 Å². The van der Waals surface area contributed by atoms with Crippen LogP contribution in [0.15, 0.2) is 0 Å². The smallest absolute Gasteiger partial charge is 0.146 e. The monoisotopic (exact) mass is 426 g/mol. The van der Waals surface area contributed by atoms with Gasteiger partial charge in [0.25, 0.3) is 0 Å². The van der Waals surface area contributed by atoms with Crippen LogP contribution in [-0.2, 0) is 9.47 Å². The Morgan fingerprint density at radius 1 is 0.773 bits per heavy atom. The zero-order valence-corrected chi connectivity index (χ0v) is 17.6. The molecular weight excluding hydrogens is 387 g/mol. The Labute approximate surface area is 153 Å². The number of ether oxygens (including phenoxy) is 2. The van der Waals surface area contributed by atoms with E-state index in [0.717, 1.165) is 35.4 Å². The maximum atomic E-state index is 5.56. The molecule has 0 rings (SSSR count). The fourth-order valence-corrected chi connectivity index (χ4v) is 3.84. The van der Waals surface area contributed by atoms with Crippen molar-refractivity contribution in [2.24, 2.45) is 11.8 Å². The average molecular weight is 426 g/mol. The molecule has 0 heterocycles. The van der Waals surface area contributed by atoms with Crippen molar-refractivity contribution in [1.29, 1.82) is 0 Å². The van der Waals surface area contributed by atoms with Crippen LogP contribution in [0.4, 0.5) is 0 Å². The van der Waals surface area contributed by atoms with Gasteiger partial charge in [-0.15, -0.1) is 0 Å². The van der Waals surface area contributed by atoms with Gasteiger partial charge in [-0.05, 0) is 43.9 Å². The van der Waals surface area contributed by atoms with Crippen LogP contribution in [0.25, 0.3) is 0 Å². The van der Waals surface area contributed by atoms with Crippen LogP contribution in [0.2, 0.25) is 0 Å². The molecule has 0 aliphatic heterocycles. The molecule has 0 saturated carbocycles. The largest absolute Gasteiger partial charge is 0.355 e. The van der Waals surface area contributed by atoms with Gasteiger partial charge in [0, 0.05) is 17.1 Å². The third-order valence-corrected chi connectivity index (χ3v) is 4.58. The first-order valence-corrected chi connectivity index (χ1v) is 10.6. The van der Waals surface area contributed by atoms with Crippen molar-refractivity contribution in [3.8, 4) is 0 Å². The van der Waals surface area contributed by atoms with E-state index in [1.54, 1.807) is 0 Å². The Bertz CT molecular complexity index is 221. The van der Waals surface area contributed by atoms with Crippen molar-refractivity contribution in [2.75, 3.05) is 20.0 Å². The lowest BCUT2D eigenvalue weighted by Crippen LogP contribution is -2.08. The van der Waals surface area contributed by atoms with Crippen LogP contribution in [0, 0.1) is 11.8 Å². The van der Waals surface area contributed by atoms with Gasteiger partial charge in [-0.25, -0.2) is 0 Å². The number of alkyl halides is 1. The number of hydrogen-bond donors (Lipinski definition) is 0. The Hall–Kier alpha value is 0.650. The number of unbranched alkanes of at least 4 members (excludes halogenated alkanes) is 4. The van der Waals surface area contributed by atoms with Crippen LogP contribution in [0.5, 0.6) is 0 Å². The summed E-state index contributed by atoms with van der Waals surface area (Å²) >= 11 is 2.53. The maximum Gasteiger partial charge on any atom is 0.146 e. The SMILES string of the molecule is CCCCCCCOCOCCCC(C)CC(C)CC(C)I. The molecule has 0 aromatic carbocycles. The first-order chi connectivity index (χ1) is 10.6. The number of halogens is 1. The molecule has 3 atom stereocenters. The summed E-state index contributed by atoms with van der Waals surface area (Å²) in [5.74, 6) is 1.66. The van der Waals surface area contributed by atoms with E-state index >= 15 is 0 Å². The van der Waals surface area contributed by atoms with Crippen molar-refractivity contribution < 1.29 is 9.47 Å². The van der Waals surface area contributed by atoms with Crippen LogP contribution < -0.4 is 0 Å². The molecule has 0 fully saturated rings. The van der Waals surface area contributed by atoms with Crippen LogP contribution in [0.3, 0.4) is 0 Å². The van der Waals surface area contributed by atoms with Gasteiger partial charge in [-0.3, -0.25) is 0 Å². The quantitative estimate of drug-likeness (QED) is 0.120. The van der Waals surface area contributed by atoms with E-state index in [2.05, 4.69) is 50.3 Å². The molecular formula is C19H39IO2. The molecule has 0 saturated heterocycles. The van der Waals surface area contributed by atoms with Gasteiger partial charge < -0.3 is 9.47 Å². The highest BCUT2D eigenvalue weighted by atomic mass is 127. The third-order valence-electron chi connectivity index (χ3n) is 4.08. The topological polar surface area (TPSA) is 18.5 Å². The summed E-state index contributed by atoms with van der Waals surface area (Å²) in [4.78, 5) is 0. The minimum Gasteiger partial charge on any atom is -0.355 e. The Morgan fingerprint density at radius 3 is 2.05 bits per heavy atom. The van der Waals surface area contributed by atoms with E-state index in [-0.39, 0.29) is 0 Å². The van der Waals surface area contributed by atoms with Crippen molar-refractivity contribution in [3.05, 3.63) is 0 Å². The number of hydrogen-bond acceptors (Lipinski definition) is 2. The Kier molecular flexibility index (Phi) is 17.0. The van der Waals surface area contributed by atoms with E-state index in [1.807, 2.05) is 0 Å². The Balaban J connectivity index is 3.25. The molecule has 0 aromatic heterocycles. The molecule has 0 aliphatic rings. The summed E-state index contributed by atoms with van der Waals surface area (Å²) in [5, 5.41) is 0. The lowest BCUT2D eigenvalue weighted by Gasteiger charge is -2.18. The molecule has 3 heteroatoms. The summed E-state index contributed by atoms with van der Waals surface area (Å²) in [6.07, 6.45) is 11.6. The van der Waals surface area contributed by atoms with Crippen LogP contribution in [-0.4, -0.2) is 23.9 Å². The maximum absolute atomic E-state index is 5.56. The molecule has 0 N–H and O–H groups in total. The average Bonchev–Trinajstić information content (AvgIpc) is 2.43. The molecule has 3 unspecified atom stereocenters. The molecule has 134 valence electrons. The van der Waals surface area contributed by atoms with Crippen LogP contribution >= 0.6 is 22.6 Å². The molecule has 0 amide bonds. The van der Waals surface area contributed by atoms with Crippen molar-refractivity contribution in [1.82, 2.24) is 0 Å². The van der Waals surface area contributed by atoms with E-state index in [9.17, 15) is 0 Å².